The maximum atomic E-state index is 12.3. The van der Waals surface area contributed by atoms with Gasteiger partial charge in [0.1, 0.15) is 4.90 Å². The molecule has 112 valence electrons. The van der Waals surface area contributed by atoms with E-state index in [0.717, 1.165) is 11.6 Å². The maximum absolute atomic E-state index is 12.3. The van der Waals surface area contributed by atoms with Crippen LogP contribution in [0, 0.1) is 0 Å². The van der Waals surface area contributed by atoms with Gasteiger partial charge in [0.15, 0.2) is 0 Å². The van der Waals surface area contributed by atoms with Crippen molar-refractivity contribution in [1.29, 1.82) is 0 Å². The Morgan fingerprint density at radius 3 is 2.62 bits per heavy atom. The summed E-state index contributed by atoms with van der Waals surface area (Å²) < 4.78 is 27.1. The zero-order valence-corrected chi connectivity index (χ0v) is 12.7. The first-order chi connectivity index (χ1) is 9.81. The number of carboxylic acids is 1. The number of nitrogens with two attached hydrogens (primary N) is 1. The van der Waals surface area contributed by atoms with Crippen molar-refractivity contribution in [3.8, 4) is 0 Å². The summed E-state index contributed by atoms with van der Waals surface area (Å²) in [5, 5.41) is 12.6. The van der Waals surface area contributed by atoms with Crippen LogP contribution in [0.5, 0.6) is 0 Å². The molecule has 21 heavy (non-hydrogen) atoms. The van der Waals surface area contributed by atoms with Crippen LogP contribution >= 0.6 is 11.3 Å². The largest absolute Gasteiger partial charge is 0.478 e. The molecule has 6 nitrogen and oxygen atoms in total. The fourth-order valence-electron chi connectivity index (χ4n) is 1.81. The third-order valence-corrected chi connectivity index (χ3v) is 5.24. The summed E-state index contributed by atoms with van der Waals surface area (Å²) in [6.45, 7) is 1.72. The van der Waals surface area contributed by atoms with E-state index in [1.165, 1.54) is 23.5 Å². The molecule has 0 fully saturated rings. The zero-order chi connectivity index (χ0) is 15.6. The Labute approximate surface area is 126 Å². The second-order valence-electron chi connectivity index (χ2n) is 4.46. The summed E-state index contributed by atoms with van der Waals surface area (Å²) in [6.07, 6.45) is 0. The van der Waals surface area contributed by atoms with E-state index in [1.807, 2.05) is 16.8 Å². The van der Waals surface area contributed by atoms with E-state index < -0.39 is 22.0 Å². The molecule has 0 aliphatic rings. The monoisotopic (exact) mass is 326 g/mol. The van der Waals surface area contributed by atoms with Gasteiger partial charge in [0.2, 0.25) is 10.0 Å². The van der Waals surface area contributed by atoms with Gasteiger partial charge >= 0.3 is 5.97 Å². The lowest BCUT2D eigenvalue weighted by molar-refractivity contribution is 0.0697. The minimum Gasteiger partial charge on any atom is -0.478 e. The third-order valence-electron chi connectivity index (χ3n) is 2.92. The summed E-state index contributed by atoms with van der Waals surface area (Å²) in [7, 11) is -3.82. The van der Waals surface area contributed by atoms with Gasteiger partial charge < -0.3 is 10.8 Å². The average molecular weight is 326 g/mol. The van der Waals surface area contributed by atoms with Crippen LogP contribution in [-0.4, -0.2) is 19.5 Å². The lowest BCUT2D eigenvalue weighted by atomic mass is 10.2. The molecule has 1 aromatic heterocycles. The molecular formula is C13H14N2O4S2. The molecule has 2 rings (SSSR count). The van der Waals surface area contributed by atoms with Crippen LogP contribution in [0.3, 0.4) is 0 Å². The van der Waals surface area contributed by atoms with E-state index in [1.54, 1.807) is 6.92 Å². The summed E-state index contributed by atoms with van der Waals surface area (Å²) in [5.74, 6) is -1.16. The normalized spacial score (nSPS) is 13.0. The highest BCUT2D eigenvalue weighted by molar-refractivity contribution is 7.89. The highest BCUT2D eigenvalue weighted by atomic mass is 32.2. The second-order valence-corrected chi connectivity index (χ2v) is 6.92. The van der Waals surface area contributed by atoms with Crippen LogP contribution in [0.25, 0.3) is 0 Å². The smallest absolute Gasteiger partial charge is 0.335 e. The molecule has 0 bridgehead atoms. The fourth-order valence-corrected chi connectivity index (χ4v) is 3.91. The molecule has 0 radical (unpaired) electrons. The number of hydrogen-bond donors (Lipinski definition) is 3. The van der Waals surface area contributed by atoms with Crippen molar-refractivity contribution < 1.29 is 18.3 Å². The Morgan fingerprint density at radius 2 is 2.10 bits per heavy atom. The van der Waals surface area contributed by atoms with Gasteiger partial charge in [-0.2, -0.15) is 11.3 Å². The average Bonchev–Trinajstić information content (AvgIpc) is 2.91. The summed E-state index contributed by atoms with van der Waals surface area (Å²) in [6, 6.07) is 4.96. The van der Waals surface area contributed by atoms with Crippen molar-refractivity contribution in [2.45, 2.75) is 17.9 Å². The number of benzene rings is 1. The summed E-state index contributed by atoms with van der Waals surface area (Å²) >= 11 is 1.47. The van der Waals surface area contributed by atoms with Gasteiger partial charge in [-0.25, -0.2) is 17.9 Å². The van der Waals surface area contributed by atoms with Crippen molar-refractivity contribution in [3.05, 3.63) is 46.2 Å². The van der Waals surface area contributed by atoms with Crippen molar-refractivity contribution in [3.63, 3.8) is 0 Å². The Bertz CT molecular complexity index is 754. The summed E-state index contributed by atoms with van der Waals surface area (Å²) in [4.78, 5) is 10.7. The Kier molecular flexibility index (Phi) is 4.31. The van der Waals surface area contributed by atoms with Gasteiger partial charge in [0.05, 0.1) is 11.3 Å². The van der Waals surface area contributed by atoms with Crippen LogP contribution in [-0.2, 0) is 10.0 Å². The van der Waals surface area contributed by atoms with Crippen LogP contribution in [0.4, 0.5) is 5.69 Å². The molecule has 0 aliphatic heterocycles. The fraction of sp³-hybridized carbons (Fsp3) is 0.154. The van der Waals surface area contributed by atoms with Crippen LogP contribution in [0.1, 0.15) is 28.9 Å². The number of nitrogen functional groups attached to an aromatic ring is 1. The van der Waals surface area contributed by atoms with E-state index in [0.29, 0.717) is 0 Å². The van der Waals surface area contributed by atoms with Crippen molar-refractivity contribution >= 4 is 33.0 Å². The Hall–Kier alpha value is -1.90. The van der Waals surface area contributed by atoms with Gasteiger partial charge in [0, 0.05) is 6.04 Å². The second kappa shape index (κ2) is 5.84. The number of rotatable bonds is 5. The predicted molar refractivity (Wildman–Crippen MR) is 80.9 cm³/mol. The number of thiophene rings is 1. The predicted octanol–water partition coefficient (Wildman–Crippen LogP) is 2.07. The van der Waals surface area contributed by atoms with Crippen molar-refractivity contribution in [2.24, 2.45) is 0 Å². The molecule has 4 N–H and O–H groups in total. The molecule has 0 aliphatic carbocycles. The lowest BCUT2D eigenvalue weighted by Crippen LogP contribution is -2.27. The summed E-state index contributed by atoms with van der Waals surface area (Å²) in [5.41, 5.74) is 6.36. The van der Waals surface area contributed by atoms with Crippen molar-refractivity contribution in [1.82, 2.24) is 4.72 Å². The molecule has 1 atom stereocenters. The number of aromatic carboxylic acids is 1. The number of nitrogens with one attached hydrogen (secondary N) is 1. The molecule has 1 heterocycles. The van der Waals surface area contributed by atoms with Crippen LogP contribution < -0.4 is 10.5 Å². The number of carbonyl (C=O) groups is 1. The van der Waals surface area contributed by atoms with Gasteiger partial charge in [0.25, 0.3) is 0 Å². The Morgan fingerprint density at radius 1 is 1.38 bits per heavy atom. The topological polar surface area (TPSA) is 109 Å². The molecule has 1 aromatic carbocycles. The highest BCUT2D eigenvalue weighted by Gasteiger charge is 2.21. The van der Waals surface area contributed by atoms with Gasteiger partial charge in [-0.1, -0.05) is 0 Å². The van der Waals surface area contributed by atoms with Gasteiger partial charge in [-0.3, -0.25) is 0 Å². The lowest BCUT2D eigenvalue weighted by Gasteiger charge is -2.14. The first kappa shape index (κ1) is 15.5. The molecule has 0 amide bonds. The zero-order valence-electron chi connectivity index (χ0n) is 11.1. The van der Waals surface area contributed by atoms with E-state index in [4.69, 9.17) is 10.8 Å². The van der Waals surface area contributed by atoms with Gasteiger partial charge in [-0.05, 0) is 47.5 Å². The number of hydrogen-bond acceptors (Lipinski definition) is 5. The molecule has 1 unspecified atom stereocenters. The minimum atomic E-state index is -3.82. The number of anilines is 1. The molecule has 0 spiro atoms. The molecule has 8 heteroatoms. The number of carboxylic acid groups (broad SMARTS) is 1. The highest BCUT2D eigenvalue weighted by Crippen LogP contribution is 2.23. The molecular weight excluding hydrogens is 312 g/mol. The van der Waals surface area contributed by atoms with E-state index in [-0.39, 0.29) is 16.1 Å². The first-order valence-electron chi connectivity index (χ1n) is 5.98. The van der Waals surface area contributed by atoms with Crippen molar-refractivity contribution in [2.75, 3.05) is 5.73 Å². The number of sulfonamides is 1. The van der Waals surface area contributed by atoms with Crippen LogP contribution in [0.2, 0.25) is 0 Å². The Balaban J connectivity index is 2.29. The molecule has 2 aromatic rings. The van der Waals surface area contributed by atoms with Gasteiger partial charge in [-0.15, -0.1) is 0 Å². The molecule has 0 saturated heterocycles. The third kappa shape index (κ3) is 3.41. The quantitative estimate of drug-likeness (QED) is 0.729. The molecule has 0 saturated carbocycles. The SMILES string of the molecule is CC(NS(=O)(=O)c1ccc(C(=O)O)cc1N)c1ccsc1. The van der Waals surface area contributed by atoms with Crippen LogP contribution in [0.15, 0.2) is 39.9 Å². The standard InChI is InChI=1S/C13H14N2O4S2/c1-8(10-4-5-20-7-10)15-21(18,19)12-3-2-9(13(16)17)6-11(12)14/h2-8,15H,14H2,1H3,(H,16,17). The van der Waals surface area contributed by atoms with E-state index in [2.05, 4.69) is 4.72 Å². The minimum absolute atomic E-state index is 0.0580. The first-order valence-corrected chi connectivity index (χ1v) is 8.41. The maximum Gasteiger partial charge on any atom is 0.335 e. The van der Waals surface area contributed by atoms with E-state index in [9.17, 15) is 13.2 Å². The van der Waals surface area contributed by atoms with E-state index >= 15 is 0 Å².